The number of nitrogens with zero attached hydrogens (tertiary/aromatic N) is 1. The Labute approximate surface area is 146 Å². The van der Waals surface area contributed by atoms with Crippen LogP contribution in [0.15, 0.2) is 85.1 Å². The molecule has 2 heteroatoms. The van der Waals surface area contributed by atoms with Gasteiger partial charge < -0.3 is 0 Å². The van der Waals surface area contributed by atoms with Crippen LogP contribution in [0.5, 0.6) is 0 Å². The Kier molecular flexibility index (Phi) is 3.91. The van der Waals surface area contributed by atoms with E-state index in [2.05, 4.69) is 84.7 Å². The Morgan fingerprint density at radius 2 is 1.62 bits per heavy atom. The van der Waals surface area contributed by atoms with Crippen molar-refractivity contribution in [2.24, 2.45) is 0 Å². The summed E-state index contributed by atoms with van der Waals surface area (Å²) < 4.78 is 1.35. The molecule has 0 aliphatic heterocycles. The van der Waals surface area contributed by atoms with E-state index in [0.717, 1.165) is 12.1 Å². The molecule has 0 saturated carbocycles. The van der Waals surface area contributed by atoms with Gasteiger partial charge in [-0.1, -0.05) is 54.6 Å². The second kappa shape index (κ2) is 6.21. The van der Waals surface area contributed by atoms with Crippen LogP contribution in [0.4, 0.5) is 0 Å². The molecular formula is C22H19NS. The van der Waals surface area contributed by atoms with Crippen LogP contribution >= 0.6 is 11.3 Å². The fraction of sp³-hybridized carbons (Fsp3) is 0.136. The molecule has 2 heterocycles. The van der Waals surface area contributed by atoms with Crippen LogP contribution < -0.4 is 0 Å². The number of fused-ring (bicyclic) bond motifs is 1. The standard InChI is InChI=1S/C22H19NS/c1-22(18-10-3-2-4-11-18,21-13-7-8-14-23-21)16-19-15-17-9-5-6-12-20(17)24-19/h2-15H,16H2,1H3. The Balaban J connectivity index is 1.81. The summed E-state index contributed by atoms with van der Waals surface area (Å²) in [5.74, 6) is 0. The summed E-state index contributed by atoms with van der Waals surface area (Å²) in [7, 11) is 0. The van der Waals surface area contributed by atoms with E-state index in [0.29, 0.717) is 0 Å². The average molecular weight is 329 g/mol. The number of hydrogen-bond acceptors (Lipinski definition) is 2. The monoisotopic (exact) mass is 329 g/mol. The van der Waals surface area contributed by atoms with Gasteiger partial charge in [0, 0.05) is 21.2 Å². The number of aromatic nitrogens is 1. The molecule has 24 heavy (non-hydrogen) atoms. The van der Waals surface area contributed by atoms with Crippen molar-refractivity contribution in [1.29, 1.82) is 0 Å². The van der Waals surface area contributed by atoms with Gasteiger partial charge in [0.05, 0.1) is 5.69 Å². The van der Waals surface area contributed by atoms with E-state index in [1.54, 1.807) is 0 Å². The van der Waals surface area contributed by atoms with Gasteiger partial charge in [-0.05, 0) is 48.6 Å². The number of benzene rings is 2. The summed E-state index contributed by atoms with van der Waals surface area (Å²) >= 11 is 1.89. The number of rotatable bonds is 4. The normalized spacial score (nSPS) is 13.7. The highest BCUT2D eigenvalue weighted by molar-refractivity contribution is 7.19. The molecule has 4 rings (SSSR count). The van der Waals surface area contributed by atoms with Crippen molar-refractivity contribution in [2.45, 2.75) is 18.8 Å². The molecule has 2 aromatic carbocycles. The molecule has 0 radical (unpaired) electrons. The maximum atomic E-state index is 4.68. The van der Waals surface area contributed by atoms with Crippen LogP contribution in [0.1, 0.15) is 23.1 Å². The highest BCUT2D eigenvalue weighted by Gasteiger charge is 2.31. The highest BCUT2D eigenvalue weighted by Crippen LogP contribution is 2.37. The summed E-state index contributed by atoms with van der Waals surface area (Å²) in [4.78, 5) is 6.08. The van der Waals surface area contributed by atoms with Crippen LogP contribution in [0.2, 0.25) is 0 Å². The lowest BCUT2D eigenvalue weighted by Gasteiger charge is -2.29. The molecule has 0 fully saturated rings. The lowest BCUT2D eigenvalue weighted by atomic mass is 9.76. The van der Waals surface area contributed by atoms with Crippen molar-refractivity contribution in [3.05, 3.63) is 101 Å². The van der Waals surface area contributed by atoms with Crippen molar-refractivity contribution < 1.29 is 0 Å². The molecule has 0 amide bonds. The Bertz CT molecular complexity index is 869. The first kappa shape index (κ1) is 15.1. The zero-order chi connectivity index (χ0) is 16.4. The van der Waals surface area contributed by atoms with Crippen molar-refractivity contribution in [3.8, 4) is 0 Å². The van der Waals surface area contributed by atoms with Crippen LogP contribution in [0.3, 0.4) is 0 Å². The lowest BCUT2D eigenvalue weighted by molar-refractivity contribution is 0.554. The van der Waals surface area contributed by atoms with Gasteiger partial charge in [0.1, 0.15) is 0 Å². The number of hydrogen-bond donors (Lipinski definition) is 0. The zero-order valence-corrected chi connectivity index (χ0v) is 14.5. The minimum atomic E-state index is -0.136. The molecule has 2 aromatic heterocycles. The molecule has 0 aliphatic carbocycles. The average Bonchev–Trinajstić information content (AvgIpc) is 3.05. The summed E-state index contributed by atoms with van der Waals surface area (Å²) in [5.41, 5.74) is 2.29. The molecule has 0 saturated heterocycles. The summed E-state index contributed by atoms with van der Waals surface area (Å²) in [6, 6.07) is 27.8. The zero-order valence-electron chi connectivity index (χ0n) is 13.6. The van der Waals surface area contributed by atoms with Gasteiger partial charge >= 0.3 is 0 Å². The van der Waals surface area contributed by atoms with E-state index in [-0.39, 0.29) is 5.41 Å². The maximum Gasteiger partial charge on any atom is 0.0510 e. The van der Waals surface area contributed by atoms with Crippen LogP contribution in [-0.2, 0) is 11.8 Å². The summed E-state index contributed by atoms with van der Waals surface area (Å²) in [5, 5.41) is 1.33. The van der Waals surface area contributed by atoms with Crippen LogP contribution in [-0.4, -0.2) is 4.98 Å². The molecule has 118 valence electrons. The van der Waals surface area contributed by atoms with Gasteiger partial charge in [0.15, 0.2) is 0 Å². The third kappa shape index (κ3) is 2.74. The van der Waals surface area contributed by atoms with E-state index in [9.17, 15) is 0 Å². The van der Waals surface area contributed by atoms with Gasteiger partial charge in [-0.2, -0.15) is 0 Å². The van der Waals surface area contributed by atoms with Gasteiger partial charge in [-0.25, -0.2) is 0 Å². The predicted octanol–water partition coefficient (Wildman–Crippen LogP) is 5.85. The first-order chi connectivity index (χ1) is 11.8. The van der Waals surface area contributed by atoms with Gasteiger partial charge in [0.25, 0.3) is 0 Å². The van der Waals surface area contributed by atoms with Crippen LogP contribution in [0.25, 0.3) is 10.1 Å². The van der Waals surface area contributed by atoms with E-state index in [1.807, 2.05) is 23.6 Å². The SMILES string of the molecule is CC(Cc1cc2ccccc2s1)(c1ccccc1)c1ccccn1. The molecule has 0 bridgehead atoms. The second-order valence-electron chi connectivity index (χ2n) is 6.34. The first-order valence-corrected chi connectivity index (χ1v) is 9.02. The topological polar surface area (TPSA) is 12.9 Å². The number of pyridine rings is 1. The molecule has 0 N–H and O–H groups in total. The van der Waals surface area contributed by atoms with Crippen LogP contribution in [0, 0.1) is 0 Å². The van der Waals surface area contributed by atoms with E-state index >= 15 is 0 Å². The molecule has 1 unspecified atom stereocenters. The third-order valence-electron chi connectivity index (χ3n) is 4.65. The Morgan fingerprint density at radius 1 is 0.875 bits per heavy atom. The van der Waals surface area contributed by atoms with E-state index in [1.165, 1.54) is 20.5 Å². The van der Waals surface area contributed by atoms with Gasteiger partial charge in [-0.15, -0.1) is 11.3 Å². The molecule has 1 atom stereocenters. The largest absolute Gasteiger partial charge is 0.260 e. The Hall–Kier alpha value is -2.45. The summed E-state index contributed by atoms with van der Waals surface area (Å²) in [6.45, 7) is 2.30. The highest BCUT2D eigenvalue weighted by atomic mass is 32.1. The van der Waals surface area contributed by atoms with Crippen molar-refractivity contribution in [2.75, 3.05) is 0 Å². The second-order valence-corrected chi connectivity index (χ2v) is 7.51. The van der Waals surface area contributed by atoms with Crippen molar-refractivity contribution in [3.63, 3.8) is 0 Å². The van der Waals surface area contributed by atoms with Gasteiger partial charge in [0.2, 0.25) is 0 Å². The predicted molar refractivity (Wildman–Crippen MR) is 103 cm³/mol. The van der Waals surface area contributed by atoms with E-state index < -0.39 is 0 Å². The minimum absolute atomic E-state index is 0.136. The number of thiophene rings is 1. The fourth-order valence-electron chi connectivity index (χ4n) is 3.31. The fourth-order valence-corrected chi connectivity index (χ4v) is 4.53. The maximum absolute atomic E-state index is 4.68. The molecule has 0 spiro atoms. The molecule has 4 aromatic rings. The van der Waals surface area contributed by atoms with Crippen molar-refractivity contribution >= 4 is 21.4 Å². The summed E-state index contributed by atoms with van der Waals surface area (Å²) in [6.07, 6.45) is 2.84. The molecular weight excluding hydrogens is 310 g/mol. The van der Waals surface area contributed by atoms with Crippen molar-refractivity contribution in [1.82, 2.24) is 4.98 Å². The molecule has 1 nitrogen and oxygen atoms in total. The minimum Gasteiger partial charge on any atom is -0.260 e. The quantitative estimate of drug-likeness (QED) is 0.458. The smallest absolute Gasteiger partial charge is 0.0510 e. The van der Waals surface area contributed by atoms with E-state index in [4.69, 9.17) is 0 Å². The lowest BCUT2D eigenvalue weighted by Crippen LogP contribution is -2.27. The Morgan fingerprint density at radius 3 is 2.38 bits per heavy atom. The third-order valence-corrected chi connectivity index (χ3v) is 5.76. The molecule has 0 aliphatic rings. The van der Waals surface area contributed by atoms with Gasteiger partial charge in [-0.3, -0.25) is 4.98 Å². The first-order valence-electron chi connectivity index (χ1n) is 8.20.